The first-order valence-electron chi connectivity index (χ1n) is 10.7. The molecule has 162 valence electrons. The fourth-order valence-corrected chi connectivity index (χ4v) is 4.75. The van der Waals surface area contributed by atoms with Gasteiger partial charge in [-0.3, -0.25) is 9.36 Å². The Morgan fingerprint density at radius 2 is 1.93 bits per heavy atom. The quantitative estimate of drug-likeness (QED) is 0.557. The third-order valence-electron chi connectivity index (χ3n) is 5.53. The number of aromatic nitrogens is 3. The second-order valence-electron chi connectivity index (χ2n) is 7.74. The minimum absolute atomic E-state index is 0.00798. The Kier molecular flexibility index (Phi) is 7.22. The summed E-state index contributed by atoms with van der Waals surface area (Å²) in [6, 6.07) is 6.64. The average Bonchev–Trinajstić information content (AvgIpc) is 3.02. The molecular weight excluding hydrogens is 405 g/mol. The molecule has 1 aromatic carbocycles. The molecule has 30 heavy (non-hydrogen) atoms. The van der Waals surface area contributed by atoms with E-state index in [4.69, 9.17) is 4.74 Å². The van der Waals surface area contributed by atoms with Gasteiger partial charge >= 0.3 is 0 Å². The van der Waals surface area contributed by atoms with Gasteiger partial charge in [-0.1, -0.05) is 43.5 Å². The second kappa shape index (κ2) is 10.3. The largest absolute Gasteiger partial charge is 0.378 e. The lowest BCUT2D eigenvalue weighted by atomic mass is 10.1. The second-order valence-corrected chi connectivity index (χ2v) is 8.68. The molecule has 2 fully saturated rings. The van der Waals surface area contributed by atoms with E-state index in [-0.39, 0.29) is 23.5 Å². The van der Waals surface area contributed by atoms with Crippen molar-refractivity contribution in [2.45, 2.75) is 49.7 Å². The van der Waals surface area contributed by atoms with Crippen LogP contribution in [0.1, 0.15) is 38.5 Å². The van der Waals surface area contributed by atoms with E-state index in [0.29, 0.717) is 43.1 Å². The Balaban J connectivity index is 1.49. The van der Waals surface area contributed by atoms with Gasteiger partial charge in [-0.15, -0.1) is 10.2 Å². The van der Waals surface area contributed by atoms with Crippen molar-refractivity contribution in [3.8, 4) is 5.69 Å². The van der Waals surface area contributed by atoms with Crippen LogP contribution >= 0.6 is 11.8 Å². The number of thioether (sulfide) groups is 1. The maximum atomic E-state index is 13.9. The van der Waals surface area contributed by atoms with Gasteiger partial charge < -0.3 is 15.0 Å². The molecule has 2 aromatic rings. The van der Waals surface area contributed by atoms with Crippen LogP contribution in [0.15, 0.2) is 29.4 Å². The van der Waals surface area contributed by atoms with Crippen LogP contribution in [-0.4, -0.2) is 58.8 Å². The first kappa shape index (κ1) is 21.1. The number of anilines is 1. The number of halogens is 1. The summed E-state index contributed by atoms with van der Waals surface area (Å²) in [5.41, 5.74) is 0.646. The number of amides is 1. The lowest BCUT2D eigenvalue weighted by molar-refractivity contribution is -0.119. The molecule has 2 heterocycles. The number of nitrogens with zero attached hydrogens (tertiary/aromatic N) is 4. The number of rotatable bonds is 6. The van der Waals surface area contributed by atoms with Crippen molar-refractivity contribution >= 4 is 23.6 Å². The molecule has 7 nitrogen and oxygen atoms in total. The highest BCUT2D eigenvalue weighted by Crippen LogP contribution is 2.27. The van der Waals surface area contributed by atoms with E-state index in [1.807, 2.05) is 10.6 Å². The van der Waals surface area contributed by atoms with Gasteiger partial charge in [-0.05, 0) is 31.0 Å². The zero-order valence-corrected chi connectivity index (χ0v) is 17.9. The molecule has 1 aliphatic heterocycles. The van der Waals surface area contributed by atoms with Crippen LogP contribution < -0.4 is 10.2 Å². The number of hydrogen-bond donors (Lipinski definition) is 1. The molecule has 0 radical (unpaired) electrons. The minimum Gasteiger partial charge on any atom is -0.378 e. The Morgan fingerprint density at radius 1 is 1.17 bits per heavy atom. The predicted octanol–water partition coefficient (Wildman–Crippen LogP) is 3.17. The molecule has 1 aliphatic carbocycles. The maximum absolute atomic E-state index is 13.9. The first-order chi connectivity index (χ1) is 14.7. The standard InChI is InChI=1S/C21H28FN5O2S/c22-16-6-5-9-18(14-16)27-20(26-10-12-29-13-11-26)24-25-21(27)30-15-19(28)23-17-7-3-1-2-4-8-17/h5-6,9,14,17H,1-4,7-8,10-13,15H2,(H,23,28). The number of benzene rings is 1. The van der Waals surface area contributed by atoms with Crippen molar-refractivity contribution in [3.63, 3.8) is 0 Å². The fraction of sp³-hybridized carbons (Fsp3) is 0.571. The summed E-state index contributed by atoms with van der Waals surface area (Å²) in [6.45, 7) is 2.62. The lowest BCUT2D eigenvalue weighted by Crippen LogP contribution is -2.38. The van der Waals surface area contributed by atoms with E-state index in [9.17, 15) is 9.18 Å². The molecule has 0 spiro atoms. The summed E-state index contributed by atoms with van der Waals surface area (Å²) in [5, 5.41) is 12.4. The summed E-state index contributed by atoms with van der Waals surface area (Å²) in [4.78, 5) is 14.6. The highest BCUT2D eigenvalue weighted by molar-refractivity contribution is 7.99. The molecule has 0 atom stereocenters. The van der Waals surface area contributed by atoms with E-state index in [2.05, 4.69) is 20.4 Å². The average molecular weight is 434 g/mol. The third kappa shape index (κ3) is 5.31. The Bertz CT molecular complexity index is 848. The van der Waals surface area contributed by atoms with Crippen LogP contribution in [0.4, 0.5) is 10.3 Å². The van der Waals surface area contributed by atoms with Gasteiger partial charge in [-0.25, -0.2) is 4.39 Å². The van der Waals surface area contributed by atoms with Crippen LogP contribution in [-0.2, 0) is 9.53 Å². The van der Waals surface area contributed by atoms with Crippen molar-refractivity contribution in [2.75, 3.05) is 37.0 Å². The topological polar surface area (TPSA) is 72.3 Å². The van der Waals surface area contributed by atoms with Gasteiger partial charge in [0.1, 0.15) is 5.82 Å². The third-order valence-corrected chi connectivity index (χ3v) is 6.46. The Labute approximate surface area is 180 Å². The summed E-state index contributed by atoms with van der Waals surface area (Å²) in [5.74, 6) is 0.591. The maximum Gasteiger partial charge on any atom is 0.232 e. The molecule has 2 aliphatic rings. The van der Waals surface area contributed by atoms with Crippen LogP contribution in [0.2, 0.25) is 0 Å². The zero-order chi connectivity index (χ0) is 20.8. The van der Waals surface area contributed by atoms with Gasteiger partial charge in [0.25, 0.3) is 0 Å². The Morgan fingerprint density at radius 3 is 2.67 bits per heavy atom. The summed E-state index contributed by atoms with van der Waals surface area (Å²) < 4.78 is 21.2. The molecule has 0 unspecified atom stereocenters. The molecule has 9 heteroatoms. The number of ether oxygens (including phenoxy) is 1. The number of morpholine rings is 1. The van der Waals surface area contributed by atoms with Gasteiger partial charge in [0.15, 0.2) is 5.16 Å². The van der Waals surface area contributed by atoms with E-state index in [1.165, 1.54) is 49.6 Å². The summed E-state index contributed by atoms with van der Waals surface area (Å²) >= 11 is 1.33. The molecule has 0 bridgehead atoms. The lowest BCUT2D eigenvalue weighted by Gasteiger charge is -2.27. The smallest absolute Gasteiger partial charge is 0.232 e. The van der Waals surface area contributed by atoms with E-state index in [0.717, 1.165) is 12.8 Å². The number of carbonyl (C=O) groups is 1. The van der Waals surface area contributed by atoms with Gasteiger partial charge in [0.2, 0.25) is 11.9 Å². The van der Waals surface area contributed by atoms with Crippen molar-refractivity contribution in [1.29, 1.82) is 0 Å². The zero-order valence-electron chi connectivity index (χ0n) is 17.1. The van der Waals surface area contributed by atoms with Crippen molar-refractivity contribution in [3.05, 3.63) is 30.1 Å². The summed E-state index contributed by atoms with van der Waals surface area (Å²) in [6.07, 6.45) is 6.96. The number of carbonyl (C=O) groups excluding carboxylic acids is 1. The summed E-state index contributed by atoms with van der Waals surface area (Å²) in [7, 11) is 0. The molecule has 1 aromatic heterocycles. The van der Waals surface area contributed by atoms with Gasteiger partial charge in [0, 0.05) is 19.1 Å². The number of hydrogen-bond acceptors (Lipinski definition) is 6. The highest BCUT2D eigenvalue weighted by atomic mass is 32.2. The molecule has 1 N–H and O–H groups in total. The van der Waals surface area contributed by atoms with Crippen molar-refractivity contribution < 1.29 is 13.9 Å². The van der Waals surface area contributed by atoms with Gasteiger partial charge in [-0.2, -0.15) is 0 Å². The monoisotopic (exact) mass is 433 g/mol. The molecular formula is C21H28FN5O2S. The Hall–Kier alpha value is -2.13. The van der Waals surface area contributed by atoms with E-state index >= 15 is 0 Å². The minimum atomic E-state index is -0.323. The molecule has 1 amide bonds. The van der Waals surface area contributed by atoms with Crippen molar-refractivity contribution in [1.82, 2.24) is 20.1 Å². The van der Waals surface area contributed by atoms with Crippen LogP contribution in [0, 0.1) is 5.82 Å². The number of nitrogens with one attached hydrogen (secondary N) is 1. The first-order valence-corrected chi connectivity index (χ1v) is 11.7. The highest BCUT2D eigenvalue weighted by Gasteiger charge is 2.23. The van der Waals surface area contributed by atoms with Crippen LogP contribution in [0.3, 0.4) is 0 Å². The van der Waals surface area contributed by atoms with E-state index in [1.54, 1.807) is 6.07 Å². The van der Waals surface area contributed by atoms with E-state index < -0.39 is 0 Å². The SMILES string of the molecule is O=C(CSc1nnc(N2CCOCC2)n1-c1cccc(F)c1)NC1CCCCCC1. The van der Waals surface area contributed by atoms with Crippen molar-refractivity contribution in [2.24, 2.45) is 0 Å². The normalized spacial score (nSPS) is 18.2. The van der Waals surface area contributed by atoms with Crippen LogP contribution in [0.25, 0.3) is 5.69 Å². The molecule has 1 saturated heterocycles. The predicted molar refractivity (Wildman–Crippen MR) is 115 cm³/mol. The van der Waals surface area contributed by atoms with Gasteiger partial charge in [0.05, 0.1) is 24.7 Å². The van der Waals surface area contributed by atoms with Crippen LogP contribution in [0.5, 0.6) is 0 Å². The molecule has 4 rings (SSSR count). The molecule has 1 saturated carbocycles. The fourth-order valence-electron chi connectivity index (χ4n) is 3.99.